The third kappa shape index (κ3) is 6.11. The van der Waals surface area contributed by atoms with Crippen LogP contribution in [-0.2, 0) is 11.2 Å². The average molecular weight is 308 g/mol. The van der Waals surface area contributed by atoms with Crippen LogP contribution < -0.4 is 0 Å². The van der Waals surface area contributed by atoms with Gasteiger partial charge in [0.1, 0.15) is 0 Å². The molecule has 0 heterocycles. The lowest BCUT2D eigenvalue weighted by molar-refractivity contribution is -0.662. The summed E-state index contributed by atoms with van der Waals surface area (Å²) in [6, 6.07) is 8.84. The number of carboxylic acids is 1. The van der Waals surface area contributed by atoms with Crippen molar-refractivity contribution in [3.05, 3.63) is 46.0 Å². The number of hydrogen-bond acceptors (Lipinski definition) is 3. The number of hydrogen-bond donors (Lipinski definition) is 1. The fourth-order valence-corrected chi connectivity index (χ4v) is 2.40. The van der Waals surface area contributed by atoms with E-state index in [2.05, 4.69) is 0 Å². The summed E-state index contributed by atoms with van der Waals surface area (Å²) < 4.78 is 0. The Morgan fingerprint density at radius 2 is 1.91 bits per heavy atom. The maximum absolute atomic E-state index is 11.3. The van der Waals surface area contributed by atoms with Gasteiger partial charge in [0, 0.05) is 0 Å². The van der Waals surface area contributed by atoms with Gasteiger partial charge >= 0.3 is 5.97 Å². The van der Waals surface area contributed by atoms with Crippen LogP contribution in [0, 0.1) is 16.0 Å². The second kappa shape index (κ2) is 9.02. The van der Waals surface area contributed by atoms with Crippen molar-refractivity contribution in [2.75, 3.05) is 6.54 Å². The Kier molecular flexibility index (Phi) is 7.36. The molecule has 0 aliphatic heterocycles. The Labute approximate surface area is 130 Å². The van der Waals surface area contributed by atoms with E-state index in [0.717, 1.165) is 17.9 Å². The zero-order chi connectivity index (χ0) is 16.5. The highest BCUT2D eigenvalue weighted by atomic mass is 16.7. The number of aliphatic carboxylic acids is 1. The molecule has 0 unspecified atom stereocenters. The molecule has 0 spiro atoms. The summed E-state index contributed by atoms with van der Waals surface area (Å²) in [5, 5.41) is 20.7. The van der Waals surface area contributed by atoms with Crippen LogP contribution in [0.15, 0.2) is 30.3 Å². The highest BCUT2D eigenvalue weighted by Crippen LogP contribution is 2.14. The van der Waals surface area contributed by atoms with Crippen LogP contribution in [0.4, 0.5) is 0 Å². The molecule has 1 rings (SSSR count). The number of rotatable bonds is 10. The molecule has 122 valence electrons. The van der Waals surface area contributed by atoms with Gasteiger partial charge in [-0.1, -0.05) is 44.2 Å². The summed E-state index contributed by atoms with van der Waals surface area (Å²) in [7, 11) is 0. The van der Waals surface area contributed by atoms with Crippen molar-refractivity contribution in [3.63, 3.8) is 0 Å². The summed E-state index contributed by atoms with van der Waals surface area (Å²) >= 11 is 0. The fourth-order valence-electron chi connectivity index (χ4n) is 2.40. The number of nitrogens with zero attached hydrogens (tertiary/aromatic N) is 2. The van der Waals surface area contributed by atoms with Gasteiger partial charge in [-0.2, -0.15) is 0 Å². The van der Waals surface area contributed by atoms with Crippen LogP contribution in [0.5, 0.6) is 0 Å². The van der Waals surface area contributed by atoms with Gasteiger partial charge in [-0.3, -0.25) is 0 Å². The molecular weight excluding hydrogens is 284 g/mol. The van der Waals surface area contributed by atoms with E-state index in [0.29, 0.717) is 6.42 Å². The highest BCUT2D eigenvalue weighted by Gasteiger charge is 2.33. The van der Waals surface area contributed by atoms with Crippen molar-refractivity contribution in [2.45, 2.75) is 45.6 Å². The molecule has 0 bridgehead atoms. The van der Waals surface area contributed by atoms with Crippen molar-refractivity contribution < 1.29 is 14.9 Å². The van der Waals surface area contributed by atoms with E-state index in [1.54, 1.807) is 0 Å². The molecule has 1 atom stereocenters. The van der Waals surface area contributed by atoms with E-state index in [9.17, 15) is 20.0 Å². The number of carboxylic acid groups (broad SMARTS) is 1. The number of aryl methyl sites for hydroxylation is 1. The number of unbranched alkanes of at least 4 members (excludes halogenated alkanes) is 1. The minimum absolute atomic E-state index is 0.0906. The zero-order valence-electron chi connectivity index (χ0n) is 13.1. The molecule has 0 fully saturated rings. The molecule has 0 aliphatic rings. The Balaban J connectivity index is 2.52. The summed E-state index contributed by atoms with van der Waals surface area (Å²) in [5.74, 6) is -1.04. The Morgan fingerprint density at radius 3 is 2.41 bits per heavy atom. The highest BCUT2D eigenvalue weighted by molar-refractivity contribution is 5.73. The number of carbonyl (C=O) groups is 1. The van der Waals surface area contributed by atoms with Crippen LogP contribution in [0.2, 0.25) is 0 Å². The molecular formula is C16H24N2O4. The van der Waals surface area contributed by atoms with Gasteiger partial charge in [-0.15, -0.1) is 5.01 Å². The van der Waals surface area contributed by atoms with E-state index in [1.165, 1.54) is 5.56 Å². The van der Waals surface area contributed by atoms with E-state index in [-0.39, 0.29) is 18.9 Å². The first-order valence-corrected chi connectivity index (χ1v) is 7.59. The molecule has 0 aromatic heterocycles. The predicted octanol–water partition coefficient (Wildman–Crippen LogP) is 3.00. The first-order valence-electron chi connectivity index (χ1n) is 7.59. The molecule has 6 heteroatoms. The molecule has 0 saturated heterocycles. The van der Waals surface area contributed by atoms with Gasteiger partial charge in [-0.25, -0.2) is 14.9 Å². The van der Waals surface area contributed by atoms with Crippen molar-refractivity contribution in [1.29, 1.82) is 0 Å². The van der Waals surface area contributed by atoms with Crippen LogP contribution in [0.1, 0.15) is 38.7 Å². The predicted molar refractivity (Wildman–Crippen MR) is 84.0 cm³/mol. The minimum Gasteiger partial charge on any atom is -0.480 e. The maximum Gasteiger partial charge on any atom is 0.332 e. The van der Waals surface area contributed by atoms with E-state index in [1.807, 2.05) is 44.2 Å². The number of hydrazine groups is 1. The lowest BCUT2D eigenvalue weighted by Gasteiger charge is -2.22. The van der Waals surface area contributed by atoms with E-state index < -0.39 is 17.0 Å². The average Bonchev–Trinajstić information content (AvgIpc) is 2.45. The molecule has 1 aromatic rings. The van der Waals surface area contributed by atoms with E-state index in [4.69, 9.17) is 0 Å². The standard InChI is InChI=1S/C16H24N2O4/c1-13(2)12-15(16(19)20)17(18(21)22)11-7-6-10-14-8-4-3-5-9-14/h3-5,8-9,13,15H,6-7,10-12H2,1-2H3,(H,19,20)/t15-/m0/s1. The molecule has 0 saturated carbocycles. The molecule has 1 N–H and O–H groups in total. The lowest BCUT2D eigenvalue weighted by atomic mass is 10.0. The third-order valence-electron chi connectivity index (χ3n) is 3.49. The maximum atomic E-state index is 11.3. The van der Waals surface area contributed by atoms with Gasteiger partial charge in [0.25, 0.3) is 0 Å². The summed E-state index contributed by atoms with van der Waals surface area (Å²) in [6.45, 7) is 3.89. The molecule has 6 nitrogen and oxygen atoms in total. The molecule has 0 amide bonds. The quantitative estimate of drug-likeness (QED) is 0.408. The number of benzene rings is 1. The van der Waals surface area contributed by atoms with Crippen molar-refractivity contribution >= 4 is 5.97 Å². The second-order valence-electron chi connectivity index (χ2n) is 5.83. The third-order valence-corrected chi connectivity index (χ3v) is 3.49. The topological polar surface area (TPSA) is 83.7 Å². The summed E-state index contributed by atoms with van der Waals surface area (Å²) in [5.41, 5.74) is 1.19. The van der Waals surface area contributed by atoms with Crippen LogP contribution in [-0.4, -0.2) is 33.7 Å². The first-order chi connectivity index (χ1) is 10.4. The molecule has 22 heavy (non-hydrogen) atoms. The van der Waals surface area contributed by atoms with Gasteiger partial charge in [0.2, 0.25) is 0 Å². The van der Waals surface area contributed by atoms with Crippen LogP contribution in [0.3, 0.4) is 0 Å². The SMILES string of the molecule is CC(C)C[C@@H](C(=O)O)N(CCCCc1ccccc1)[N+](=O)[O-]. The van der Waals surface area contributed by atoms with Gasteiger partial charge in [-0.05, 0) is 37.2 Å². The van der Waals surface area contributed by atoms with Crippen LogP contribution in [0.25, 0.3) is 0 Å². The molecule has 0 aliphatic carbocycles. The van der Waals surface area contributed by atoms with Crippen molar-refractivity contribution in [2.24, 2.45) is 5.92 Å². The fraction of sp³-hybridized carbons (Fsp3) is 0.562. The van der Waals surface area contributed by atoms with Gasteiger partial charge in [0.05, 0.1) is 6.54 Å². The van der Waals surface area contributed by atoms with Crippen molar-refractivity contribution in [3.8, 4) is 0 Å². The lowest BCUT2D eigenvalue weighted by Crippen LogP contribution is -2.46. The largest absolute Gasteiger partial charge is 0.480 e. The number of nitro groups is 1. The Hall–Kier alpha value is -2.11. The monoisotopic (exact) mass is 308 g/mol. The summed E-state index contributed by atoms with van der Waals surface area (Å²) in [4.78, 5) is 22.4. The second-order valence-corrected chi connectivity index (χ2v) is 5.83. The minimum atomic E-state index is -1.13. The smallest absolute Gasteiger partial charge is 0.332 e. The molecule has 1 aromatic carbocycles. The van der Waals surface area contributed by atoms with E-state index >= 15 is 0 Å². The normalized spacial score (nSPS) is 12.1. The first kappa shape index (κ1) is 17.9. The van der Waals surface area contributed by atoms with Gasteiger partial charge < -0.3 is 5.11 Å². The van der Waals surface area contributed by atoms with Crippen molar-refractivity contribution in [1.82, 2.24) is 5.01 Å². The Morgan fingerprint density at radius 1 is 1.27 bits per heavy atom. The van der Waals surface area contributed by atoms with Crippen LogP contribution >= 0.6 is 0 Å². The Bertz CT molecular complexity index is 476. The summed E-state index contributed by atoms with van der Waals surface area (Å²) in [6.07, 6.45) is 2.50. The van der Waals surface area contributed by atoms with Gasteiger partial charge in [0.15, 0.2) is 11.1 Å². The molecule has 0 radical (unpaired) electrons. The zero-order valence-corrected chi connectivity index (χ0v) is 13.1.